The number of hydrogen-bond donors (Lipinski definition) is 2. The molecule has 0 unspecified atom stereocenters. The number of benzene rings is 2. The molecule has 1 fully saturated rings. The van der Waals surface area contributed by atoms with Gasteiger partial charge >= 0.3 is 0 Å². The monoisotopic (exact) mass is 411 g/mol. The zero-order valence-electron chi connectivity index (χ0n) is 13.1. The van der Waals surface area contributed by atoms with E-state index in [1.54, 1.807) is 16.8 Å². The van der Waals surface area contributed by atoms with E-state index >= 15 is 0 Å². The molecule has 0 bridgehead atoms. The summed E-state index contributed by atoms with van der Waals surface area (Å²) in [5.74, 6) is -1.35. The van der Waals surface area contributed by atoms with Gasteiger partial charge in [0.05, 0.1) is 6.54 Å². The van der Waals surface area contributed by atoms with E-state index in [4.69, 9.17) is 40.8 Å². The van der Waals surface area contributed by atoms with Crippen LogP contribution in [0.15, 0.2) is 42.5 Å². The van der Waals surface area contributed by atoms with Crippen LogP contribution in [0, 0.1) is 21.2 Å². The van der Waals surface area contributed by atoms with Crippen LogP contribution in [-0.4, -0.2) is 14.8 Å². The number of aromatic amines is 2. The van der Waals surface area contributed by atoms with Crippen molar-refractivity contribution in [3.05, 3.63) is 79.8 Å². The number of aromatic nitrogens is 3. The molecule has 0 spiro atoms. The molecule has 9 heteroatoms. The molecule has 2 N–H and O–H groups in total. The fourth-order valence-electron chi connectivity index (χ4n) is 3.13. The van der Waals surface area contributed by atoms with Crippen LogP contribution in [0.1, 0.15) is 17.2 Å². The lowest BCUT2D eigenvalue weighted by molar-refractivity contribution is 0.255. The fraction of sp³-hybridized carbons (Fsp3) is 0.176. The highest BCUT2D eigenvalue weighted by Crippen LogP contribution is 2.59. The Morgan fingerprint density at radius 3 is 2.62 bits per heavy atom. The Bertz CT molecular complexity index is 1110. The van der Waals surface area contributed by atoms with Gasteiger partial charge in [-0.1, -0.05) is 35.9 Å². The number of hydrogen-bond acceptors (Lipinski definition) is 3. The van der Waals surface area contributed by atoms with Crippen molar-refractivity contribution < 1.29 is 13.5 Å². The number of H-pyrrole nitrogens is 2. The maximum Gasteiger partial charge on any atom is 0.194 e. The predicted octanol–water partition coefficient (Wildman–Crippen LogP) is 5.20. The third-order valence-corrected chi connectivity index (χ3v) is 5.22. The van der Waals surface area contributed by atoms with Gasteiger partial charge in [-0.3, -0.25) is 9.78 Å². The van der Waals surface area contributed by atoms with Crippen LogP contribution >= 0.6 is 36.0 Å². The maximum absolute atomic E-state index is 14.6. The molecule has 4 nitrogen and oxygen atoms in total. The van der Waals surface area contributed by atoms with Crippen molar-refractivity contribution in [2.24, 2.45) is 0 Å². The summed E-state index contributed by atoms with van der Waals surface area (Å²) in [7, 11) is 0. The van der Waals surface area contributed by atoms with Gasteiger partial charge in [0, 0.05) is 22.2 Å². The van der Waals surface area contributed by atoms with Crippen molar-refractivity contribution in [1.82, 2.24) is 14.8 Å². The van der Waals surface area contributed by atoms with E-state index in [1.165, 1.54) is 12.1 Å². The number of nitrogens with one attached hydrogen (secondary N) is 2. The van der Waals surface area contributed by atoms with Gasteiger partial charge in [-0.25, -0.2) is 8.78 Å². The Labute approximate surface area is 162 Å². The van der Waals surface area contributed by atoms with Crippen molar-refractivity contribution in [1.29, 1.82) is 0 Å². The molecule has 2 heterocycles. The maximum atomic E-state index is 14.6. The molecule has 134 valence electrons. The molecule has 4 rings (SSSR count). The van der Waals surface area contributed by atoms with Gasteiger partial charge in [0.25, 0.3) is 0 Å². The standard InChI is InChI=1S/C17H12ClF2N3OS2/c18-12-4-2-1-3-10(12)14-17(24-14,8-23-16(26)21-15(25)22-23)11-6-5-9(19)7-13(11)20/h1-7,14H,8H2,(H2,21,22,25,26)/t14-,17+/m1/s1. The van der Waals surface area contributed by atoms with Crippen LogP contribution in [-0.2, 0) is 16.9 Å². The Morgan fingerprint density at radius 1 is 1.19 bits per heavy atom. The van der Waals surface area contributed by atoms with Gasteiger partial charge in [0.15, 0.2) is 9.54 Å². The summed E-state index contributed by atoms with van der Waals surface area (Å²) < 4.78 is 36.2. The Kier molecular flexibility index (Phi) is 4.31. The summed E-state index contributed by atoms with van der Waals surface area (Å²) in [6.45, 7) is 0.164. The minimum Gasteiger partial charge on any atom is -0.354 e. The van der Waals surface area contributed by atoms with Crippen LogP contribution in [0.2, 0.25) is 5.02 Å². The molecule has 1 aliphatic heterocycles. The highest BCUT2D eigenvalue weighted by atomic mass is 35.5. The number of nitrogens with zero attached hydrogens (tertiary/aromatic N) is 1. The quantitative estimate of drug-likeness (QED) is 0.458. The van der Waals surface area contributed by atoms with Gasteiger partial charge in [-0.15, -0.1) is 0 Å². The van der Waals surface area contributed by atoms with Crippen molar-refractivity contribution >= 4 is 36.0 Å². The van der Waals surface area contributed by atoms with E-state index in [0.717, 1.165) is 11.6 Å². The van der Waals surface area contributed by atoms with Crippen LogP contribution in [0.5, 0.6) is 0 Å². The van der Waals surface area contributed by atoms with Crippen molar-refractivity contribution in [3.63, 3.8) is 0 Å². The van der Waals surface area contributed by atoms with E-state index in [0.29, 0.717) is 14.6 Å². The molecule has 26 heavy (non-hydrogen) atoms. The van der Waals surface area contributed by atoms with Crippen LogP contribution in [0.25, 0.3) is 0 Å². The van der Waals surface area contributed by atoms with Gasteiger partial charge < -0.3 is 9.72 Å². The minimum atomic E-state index is -1.08. The lowest BCUT2D eigenvalue weighted by Gasteiger charge is -2.16. The fourth-order valence-corrected chi connectivity index (χ4v) is 3.85. The second-order valence-corrected chi connectivity index (χ2v) is 7.19. The summed E-state index contributed by atoms with van der Waals surface area (Å²) in [4.78, 5) is 2.80. The summed E-state index contributed by atoms with van der Waals surface area (Å²) in [5.41, 5.74) is -0.133. The minimum absolute atomic E-state index is 0.164. The van der Waals surface area contributed by atoms with E-state index < -0.39 is 23.3 Å². The number of ether oxygens (including phenoxy) is 1. The van der Waals surface area contributed by atoms with E-state index in [-0.39, 0.29) is 12.1 Å². The highest BCUT2D eigenvalue weighted by molar-refractivity contribution is 7.72. The van der Waals surface area contributed by atoms with Gasteiger partial charge in [-0.05, 0) is 36.6 Å². The number of halogens is 3. The first-order chi connectivity index (χ1) is 12.4. The molecule has 1 saturated heterocycles. The second-order valence-electron chi connectivity index (χ2n) is 5.99. The van der Waals surface area contributed by atoms with Crippen LogP contribution in [0.4, 0.5) is 8.78 Å². The van der Waals surface area contributed by atoms with Gasteiger partial charge in [0.2, 0.25) is 0 Å². The molecule has 2 atom stereocenters. The first-order valence-corrected chi connectivity index (χ1v) is 8.87. The molecule has 0 amide bonds. The summed E-state index contributed by atoms with van der Waals surface area (Å²) in [5, 5.41) is 3.40. The molecule has 3 aromatic rings. The summed E-state index contributed by atoms with van der Waals surface area (Å²) >= 11 is 16.6. The normalized spacial score (nSPS) is 21.7. The smallest absolute Gasteiger partial charge is 0.194 e. The lowest BCUT2D eigenvalue weighted by Crippen LogP contribution is -2.21. The third kappa shape index (κ3) is 2.92. The molecule has 1 aliphatic rings. The Morgan fingerprint density at radius 2 is 1.96 bits per heavy atom. The number of rotatable bonds is 4. The van der Waals surface area contributed by atoms with E-state index in [1.807, 2.05) is 12.1 Å². The van der Waals surface area contributed by atoms with Crippen molar-refractivity contribution in [2.75, 3.05) is 0 Å². The highest BCUT2D eigenvalue weighted by Gasteiger charge is 2.60. The molecule has 1 aromatic heterocycles. The molecule has 2 aromatic carbocycles. The van der Waals surface area contributed by atoms with Gasteiger partial charge in [0.1, 0.15) is 23.3 Å². The number of epoxide rings is 1. The van der Waals surface area contributed by atoms with Crippen molar-refractivity contribution in [3.8, 4) is 0 Å². The average molecular weight is 412 g/mol. The Balaban J connectivity index is 1.83. The summed E-state index contributed by atoms with van der Waals surface area (Å²) in [6.07, 6.45) is -0.505. The SMILES string of the molecule is Fc1ccc([C@]2(Cn3[nH]c(=S)[nH]c3=S)O[C@@H]2c2ccccc2Cl)c(F)c1. The van der Waals surface area contributed by atoms with Crippen molar-refractivity contribution in [2.45, 2.75) is 18.2 Å². The zero-order valence-corrected chi connectivity index (χ0v) is 15.5. The average Bonchev–Trinajstić information content (AvgIpc) is 3.19. The Hall–Kier alpha value is -1.87. The largest absolute Gasteiger partial charge is 0.354 e. The third-order valence-electron chi connectivity index (χ3n) is 4.36. The van der Waals surface area contributed by atoms with E-state index in [9.17, 15) is 8.78 Å². The lowest BCUT2D eigenvalue weighted by atomic mass is 9.91. The molecule has 0 saturated carbocycles. The van der Waals surface area contributed by atoms with Crippen LogP contribution < -0.4 is 0 Å². The predicted molar refractivity (Wildman–Crippen MR) is 98.1 cm³/mol. The first kappa shape index (κ1) is 17.5. The van der Waals surface area contributed by atoms with Crippen LogP contribution in [0.3, 0.4) is 0 Å². The summed E-state index contributed by atoms with van der Waals surface area (Å²) in [6, 6.07) is 10.6. The zero-order chi connectivity index (χ0) is 18.5. The molecule has 0 radical (unpaired) electrons. The first-order valence-electron chi connectivity index (χ1n) is 7.67. The van der Waals surface area contributed by atoms with Gasteiger partial charge in [-0.2, -0.15) is 0 Å². The molecule has 0 aliphatic carbocycles. The molecular weight excluding hydrogens is 400 g/mol. The second kappa shape index (κ2) is 6.38. The van der Waals surface area contributed by atoms with E-state index in [2.05, 4.69) is 10.1 Å². The molecular formula is C17H12ClF2N3OS2. The topological polar surface area (TPSA) is 49.0 Å².